The number of rotatable bonds is 10. The largest absolute Gasteiger partial charge is 0.394 e. The Morgan fingerprint density at radius 1 is 1.09 bits per heavy atom. The number of nitrogens with one attached hydrogen (secondary N) is 1. The molecule has 0 fully saturated rings. The third kappa shape index (κ3) is 5.76. The molecule has 0 aromatic heterocycles. The van der Waals surface area contributed by atoms with Crippen LogP contribution in [0.4, 0.5) is 0 Å². The van der Waals surface area contributed by atoms with E-state index in [9.17, 15) is 25.2 Å². The lowest BCUT2D eigenvalue weighted by Crippen LogP contribution is -2.61. The maximum absolute atomic E-state index is 12.0. The van der Waals surface area contributed by atoms with Crippen LogP contribution in [0.1, 0.15) is 13.3 Å². The molecule has 0 spiro atoms. The maximum atomic E-state index is 12.0. The summed E-state index contributed by atoms with van der Waals surface area (Å²) < 4.78 is 0.267. The molecule has 0 saturated carbocycles. The SMILES string of the molecule is CCC(NC(=O)[C@H](O)[C@@H](O)[C@H](O)[C@H](O)CO)[N+](C)(C)CCO. The van der Waals surface area contributed by atoms with Crippen LogP contribution >= 0.6 is 0 Å². The number of likely N-dealkylation sites (N-methyl/N-ethyl adjacent to an activating group) is 1. The Kier molecular flexibility index (Phi) is 9.01. The molecular formula is C13H29N2O7+. The van der Waals surface area contributed by atoms with Crippen LogP contribution in [0.15, 0.2) is 0 Å². The first kappa shape index (κ1) is 21.2. The predicted octanol–water partition coefficient (Wildman–Crippen LogP) is -3.66. The number of aliphatic hydroxyl groups excluding tert-OH is 6. The van der Waals surface area contributed by atoms with Gasteiger partial charge in [-0.05, 0) is 0 Å². The van der Waals surface area contributed by atoms with Crippen LogP contribution in [0.2, 0.25) is 0 Å². The van der Waals surface area contributed by atoms with Crippen molar-refractivity contribution in [1.82, 2.24) is 5.32 Å². The first-order valence-corrected chi connectivity index (χ1v) is 7.19. The van der Waals surface area contributed by atoms with Crippen molar-refractivity contribution in [3.8, 4) is 0 Å². The number of hydrogen-bond acceptors (Lipinski definition) is 7. The first-order valence-electron chi connectivity index (χ1n) is 7.19. The summed E-state index contributed by atoms with van der Waals surface area (Å²) >= 11 is 0. The molecule has 0 aromatic carbocycles. The highest BCUT2D eigenvalue weighted by Gasteiger charge is 2.36. The molecule has 132 valence electrons. The van der Waals surface area contributed by atoms with E-state index in [0.717, 1.165) is 0 Å². The van der Waals surface area contributed by atoms with Gasteiger partial charge in [0, 0.05) is 6.42 Å². The second-order valence-electron chi connectivity index (χ2n) is 5.83. The number of carbonyl (C=O) groups excluding carboxylic acids is 1. The standard InChI is InChI=1S/C13H28N2O7/c1-4-9(15(2,3)5-6-16)14-13(22)12(21)11(20)10(19)8(18)7-17/h8-12,16-21H,4-7H2,1-3H3/p+1/t8-,9?,10-,11+,12-/m1/s1. The molecule has 22 heavy (non-hydrogen) atoms. The van der Waals surface area contributed by atoms with Gasteiger partial charge in [0.25, 0.3) is 5.91 Å². The van der Waals surface area contributed by atoms with Crippen molar-refractivity contribution in [3.05, 3.63) is 0 Å². The summed E-state index contributed by atoms with van der Waals surface area (Å²) in [5, 5.41) is 58.4. The number of amides is 1. The Hall–Kier alpha value is -0.810. The van der Waals surface area contributed by atoms with Crippen molar-refractivity contribution in [2.75, 3.05) is 33.9 Å². The van der Waals surface area contributed by atoms with E-state index in [1.54, 1.807) is 14.1 Å². The summed E-state index contributed by atoms with van der Waals surface area (Å²) in [6, 6.07) is 0. The van der Waals surface area contributed by atoms with Gasteiger partial charge in [-0.1, -0.05) is 6.92 Å². The van der Waals surface area contributed by atoms with Crippen LogP contribution in [0, 0.1) is 0 Å². The van der Waals surface area contributed by atoms with E-state index in [4.69, 9.17) is 10.2 Å². The summed E-state index contributed by atoms with van der Waals surface area (Å²) in [6.45, 7) is 1.30. The Morgan fingerprint density at radius 3 is 2.05 bits per heavy atom. The predicted molar refractivity (Wildman–Crippen MR) is 77.4 cm³/mol. The van der Waals surface area contributed by atoms with Gasteiger partial charge >= 0.3 is 0 Å². The highest BCUT2D eigenvalue weighted by molar-refractivity contribution is 5.81. The molecule has 9 nitrogen and oxygen atoms in total. The second-order valence-corrected chi connectivity index (χ2v) is 5.83. The molecule has 0 rings (SSSR count). The van der Waals surface area contributed by atoms with E-state index in [1.165, 1.54) is 0 Å². The van der Waals surface area contributed by atoms with Gasteiger partial charge in [0.2, 0.25) is 0 Å². The fourth-order valence-corrected chi connectivity index (χ4v) is 2.11. The average molecular weight is 325 g/mol. The molecule has 0 saturated heterocycles. The molecule has 0 aliphatic rings. The molecule has 5 atom stereocenters. The van der Waals surface area contributed by atoms with E-state index >= 15 is 0 Å². The van der Waals surface area contributed by atoms with Gasteiger partial charge in [0.15, 0.2) is 12.3 Å². The van der Waals surface area contributed by atoms with Crippen LogP contribution in [0.3, 0.4) is 0 Å². The second kappa shape index (κ2) is 9.36. The smallest absolute Gasteiger partial charge is 0.256 e. The van der Waals surface area contributed by atoms with Crippen LogP contribution in [0.25, 0.3) is 0 Å². The Balaban J connectivity index is 4.81. The molecule has 0 aromatic rings. The lowest BCUT2D eigenvalue weighted by Gasteiger charge is -2.38. The van der Waals surface area contributed by atoms with Crippen molar-refractivity contribution < 1.29 is 39.9 Å². The monoisotopic (exact) mass is 325 g/mol. The number of hydrogen-bond donors (Lipinski definition) is 7. The van der Waals surface area contributed by atoms with Crippen LogP contribution in [0.5, 0.6) is 0 Å². The molecule has 1 unspecified atom stereocenters. The third-order valence-electron chi connectivity index (χ3n) is 3.74. The number of nitrogens with zero attached hydrogens (tertiary/aromatic N) is 1. The zero-order valence-electron chi connectivity index (χ0n) is 13.3. The molecule has 0 aliphatic carbocycles. The normalized spacial score (nSPS) is 19.1. The fraction of sp³-hybridized carbons (Fsp3) is 0.923. The summed E-state index contributed by atoms with van der Waals surface area (Å²) in [5.74, 6) is -0.910. The van der Waals surface area contributed by atoms with E-state index in [0.29, 0.717) is 13.0 Å². The molecule has 1 amide bonds. The number of quaternary nitrogens is 1. The summed E-state index contributed by atoms with van der Waals surface area (Å²) in [5.41, 5.74) is 0. The summed E-state index contributed by atoms with van der Waals surface area (Å²) in [4.78, 5) is 12.0. The quantitative estimate of drug-likeness (QED) is 0.162. The van der Waals surface area contributed by atoms with Gasteiger partial charge in [0.1, 0.15) is 24.9 Å². The molecular weight excluding hydrogens is 296 g/mol. The Bertz CT molecular complexity index is 340. The van der Waals surface area contributed by atoms with E-state index in [1.807, 2.05) is 6.92 Å². The Labute approximate surface area is 130 Å². The van der Waals surface area contributed by atoms with Crippen molar-refractivity contribution in [3.63, 3.8) is 0 Å². The molecule has 0 heterocycles. The van der Waals surface area contributed by atoms with E-state index in [-0.39, 0.29) is 11.1 Å². The van der Waals surface area contributed by atoms with Gasteiger partial charge in [-0.3, -0.25) is 4.79 Å². The zero-order chi connectivity index (χ0) is 17.5. The molecule has 7 N–H and O–H groups in total. The highest BCUT2D eigenvalue weighted by Crippen LogP contribution is 2.10. The maximum Gasteiger partial charge on any atom is 0.256 e. The van der Waals surface area contributed by atoms with E-state index in [2.05, 4.69) is 5.32 Å². The minimum Gasteiger partial charge on any atom is -0.394 e. The minimum atomic E-state index is -1.96. The number of carbonyl (C=O) groups is 1. The topological polar surface area (TPSA) is 150 Å². The fourth-order valence-electron chi connectivity index (χ4n) is 2.11. The first-order chi connectivity index (χ1) is 10.1. The van der Waals surface area contributed by atoms with Crippen molar-refractivity contribution in [2.24, 2.45) is 0 Å². The minimum absolute atomic E-state index is 0.0774. The van der Waals surface area contributed by atoms with Crippen molar-refractivity contribution in [2.45, 2.75) is 43.9 Å². The van der Waals surface area contributed by atoms with Crippen LogP contribution < -0.4 is 5.32 Å². The molecule has 9 heteroatoms. The van der Waals surface area contributed by atoms with Crippen molar-refractivity contribution in [1.29, 1.82) is 0 Å². The molecule has 0 bridgehead atoms. The van der Waals surface area contributed by atoms with Crippen molar-refractivity contribution >= 4 is 5.91 Å². The summed E-state index contributed by atoms with van der Waals surface area (Å²) in [7, 11) is 3.58. The third-order valence-corrected chi connectivity index (χ3v) is 3.74. The lowest BCUT2D eigenvalue weighted by atomic mass is 10.0. The van der Waals surface area contributed by atoms with E-state index < -0.39 is 43.1 Å². The molecule has 0 aliphatic heterocycles. The Morgan fingerprint density at radius 2 is 1.64 bits per heavy atom. The number of aliphatic hydroxyl groups is 6. The van der Waals surface area contributed by atoms with Crippen LogP contribution in [-0.2, 0) is 4.79 Å². The summed E-state index contributed by atoms with van der Waals surface area (Å²) in [6.07, 6.45) is -7.32. The van der Waals surface area contributed by atoms with Gasteiger partial charge in [0.05, 0.1) is 27.3 Å². The van der Waals surface area contributed by atoms with Gasteiger partial charge in [-0.15, -0.1) is 0 Å². The molecule has 0 radical (unpaired) electrons. The van der Waals surface area contributed by atoms with Crippen LogP contribution in [-0.4, -0.2) is 105 Å². The van der Waals surface area contributed by atoms with Gasteiger partial charge < -0.3 is 40.4 Å². The lowest BCUT2D eigenvalue weighted by molar-refractivity contribution is -0.917. The zero-order valence-corrected chi connectivity index (χ0v) is 13.3. The highest BCUT2D eigenvalue weighted by atomic mass is 16.4. The van der Waals surface area contributed by atoms with Gasteiger partial charge in [-0.25, -0.2) is 0 Å². The van der Waals surface area contributed by atoms with Gasteiger partial charge in [-0.2, -0.15) is 0 Å². The average Bonchev–Trinajstić information content (AvgIpc) is 2.48.